The lowest BCUT2D eigenvalue weighted by atomic mass is 10.2. The fourth-order valence-electron chi connectivity index (χ4n) is 3.31. The largest absolute Gasteiger partial charge is 0.368 e. The highest BCUT2D eigenvalue weighted by molar-refractivity contribution is 7.08. The lowest BCUT2D eigenvalue weighted by Gasteiger charge is -2.22. The number of nitrogens with zero attached hydrogens (tertiary/aromatic N) is 3. The number of carbonyl (C=O) groups excluding carboxylic acids is 2. The number of nitrogens with two attached hydrogens (primary N) is 1. The van der Waals surface area contributed by atoms with Crippen molar-refractivity contribution in [1.82, 2.24) is 14.5 Å². The van der Waals surface area contributed by atoms with E-state index >= 15 is 0 Å². The Kier molecular flexibility index (Phi) is 5.39. The summed E-state index contributed by atoms with van der Waals surface area (Å²) in [6, 6.07) is 19.3. The van der Waals surface area contributed by atoms with Crippen LogP contribution in [0.2, 0.25) is 0 Å². The molecule has 146 valence electrons. The molecule has 2 amide bonds. The third kappa shape index (κ3) is 4.20. The van der Waals surface area contributed by atoms with E-state index in [4.69, 9.17) is 10.7 Å². The molecule has 0 aliphatic rings. The first-order valence-corrected chi connectivity index (χ1v) is 10.1. The van der Waals surface area contributed by atoms with E-state index in [0.29, 0.717) is 6.54 Å². The average molecular weight is 404 g/mol. The standard InChI is InChI=1S/C22H20N4O2S/c23-20(27)13-25(12-16-6-2-1-3-7-16)21(28)14-26-19-9-5-4-8-18(19)24-22(26)17-10-11-29-15-17/h1-11,15H,12-14H2,(H2,23,27). The maximum absolute atomic E-state index is 13.2. The van der Waals surface area contributed by atoms with Crippen molar-refractivity contribution < 1.29 is 9.59 Å². The summed E-state index contributed by atoms with van der Waals surface area (Å²) in [7, 11) is 0. The lowest BCUT2D eigenvalue weighted by Crippen LogP contribution is -2.39. The van der Waals surface area contributed by atoms with Gasteiger partial charge >= 0.3 is 0 Å². The van der Waals surface area contributed by atoms with Gasteiger partial charge in [-0.15, -0.1) is 0 Å². The minimum Gasteiger partial charge on any atom is -0.368 e. The van der Waals surface area contributed by atoms with Crippen molar-refractivity contribution in [3.8, 4) is 11.4 Å². The molecular formula is C22H20N4O2S. The minimum atomic E-state index is -0.539. The first kappa shape index (κ1) is 18.9. The van der Waals surface area contributed by atoms with Crippen molar-refractivity contribution in [2.75, 3.05) is 6.54 Å². The van der Waals surface area contributed by atoms with Gasteiger partial charge in [0, 0.05) is 17.5 Å². The van der Waals surface area contributed by atoms with Crippen LogP contribution in [0.4, 0.5) is 0 Å². The third-order valence-electron chi connectivity index (χ3n) is 4.64. The number of amides is 2. The van der Waals surface area contributed by atoms with Gasteiger partial charge in [-0.2, -0.15) is 11.3 Å². The van der Waals surface area contributed by atoms with Crippen molar-refractivity contribution in [3.05, 3.63) is 77.0 Å². The van der Waals surface area contributed by atoms with Crippen LogP contribution in [0.1, 0.15) is 5.56 Å². The van der Waals surface area contributed by atoms with Gasteiger partial charge in [-0.25, -0.2) is 4.98 Å². The highest BCUT2D eigenvalue weighted by Crippen LogP contribution is 2.26. The Morgan fingerprint density at radius 1 is 1.03 bits per heavy atom. The molecule has 7 heteroatoms. The number of imidazole rings is 1. The van der Waals surface area contributed by atoms with Crippen LogP contribution in [-0.4, -0.2) is 32.8 Å². The summed E-state index contributed by atoms with van der Waals surface area (Å²) in [6.07, 6.45) is 0. The Labute approximate surface area is 172 Å². The van der Waals surface area contributed by atoms with Crippen LogP contribution >= 0.6 is 11.3 Å². The van der Waals surface area contributed by atoms with Crippen molar-refractivity contribution in [2.24, 2.45) is 5.73 Å². The molecule has 0 spiro atoms. The van der Waals surface area contributed by atoms with E-state index < -0.39 is 5.91 Å². The fraction of sp³-hybridized carbons (Fsp3) is 0.136. The zero-order valence-corrected chi connectivity index (χ0v) is 16.5. The number of hydrogen-bond acceptors (Lipinski definition) is 4. The highest BCUT2D eigenvalue weighted by atomic mass is 32.1. The zero-order chi connectivity index (χ0) is 20.2. The number of para-hydroxylation sites is 2. The predicted octanol–water partition coefficient (Wildman–Crippen LogP) is 3.28. The second-order valence-corrected chi connectivity index (χ2v) is 7.50. The predicted molar refractivity (Wildman–Crippen MR) is 114 cm³/mol. The van der Waals surface area contributed by atoms with E-state index in [1.54, 1.807) is 11.3 Å². The smallest absolute Gasteiger partial charge is 0.243 e. The highest BCUT2D eigenvalue weighted by Gasteiger charge is 2.21. The van der Waals surface area contributed by atoms with Crippen LogP contribution in [-0.2, 0) is 22.7 Å². The molecule has 0 unspecified atom stereocenters. The molecule has 2 aromatic heterocycles. The molecule has 4 rings (SSSR count). The first-order valence-electron chi connectivity index (χ1n) is 9.19. The molecule has 2 N–H and O–H groups in total. The van der Waals surface area contributed by atoms with Crippen molar-refractivity contribution in [3.63, 3.8) is 0 Å². The Bertz CT molecular complexity index is 1140. The van der Waals surface area contributed by atoms with Gasteiger partial charge in [-0.05, 0) is 29.1 Å². The van der Waals surface area contributed by atoms with Crippen LogP contribution in [0.5, 0.6) is 0 Å². The quantitative estimate of drug-likeness (QED) is 0.513. The van der Waals surface area contributed by atoms with Gasteiger partial charge < -0.3 is 15.2 Å². The van der Waals surface area contributed by atoms with Gasteiger partial charge in [-0.3, -0.25) is 9.59 Å². The van der Waals surface area contributed by atoms with E-state index in [9.17, 15) is 9.59 Å². The summed E-state index contributed by atoms with van der Waals surface area (Å²) >= 11 is 1.58. The molecule has 0 bridgehead atoms. The van der Waals surface area contributed by atoms with Crippen LogP contribution in [0.15, 0.2) is 71.4 Å². The number of fused-ring (bicyclic) bond motifs is 1. The number of aromatic nitrogens is 2. The fourth-order valence-corrected chi connectivity index (χ4v) is 3.94. The maximum atomic E-state index is 13.2. The first-order chi connectivity index (χ1) is 14.1. The van der Waals surface area contributed by atoms with Crippen molar-refractivity contribution >= 4 is 34.2 Å². The topological polar surface area (TPSA) is 81.2 Å². The van der Waals surface area contributed by atoms with Gasteiger partial charge in [0.1, 0.15) is 12.4 Å². The summed E-state index contributed by atoms with van der Waals surface area (Å²) in [5.74, 6) is 0.00894. The van der Waals surface area contributed by atoms with Crippen LogP contribution < -0.4 is 5.73 Å². The second-order valence-electron chi connectivity index (χ2n) is 6.72. The maximum Gasteiger partial charge on any atom is 0.243 e. The molecule has 0 aliphatic heterocycles. The summed E-state index contributed by atoms with van der Waals surface area (Å²) in [5, 5.41) is 3.99. The Morgan fingerprint density at radius 2 is 1.79 bits per heavy atom. The SMILES string of the molecule is NC(=O)CN(Cc1ccccc1)C(=O)Cn1c(-c2ccsc2)nc2ccccc21. The molecule has 4 aromatic rings. The molecule has 6 nitrogen and oxygen atoms in total. The minimum absolute atomic E-state index is 0.0752. The number of rotatable bonds is 7. The van der Waals surface area contributed by atoms with Crippen LogP contribution in [0.25, 0.3) is 22.4 Å². The molecule has 0 saturated heterocycles. The van der Waals surface area contributed by atoms with Gasteiger partial charge in [0.05, 0.1) is 17.6 Å². The Balaban J connectivity index is 1.67. The molecule has 0 aliphatic carbocycles. The molecule has 0 atom stereocenters. The van der Waals surface area contributed by atoms with E-state index in [0.717, 1.165) is 28.0 Å². The number of hydrogen-bond donors (Lipinski definition) is 1. The molecule has 2 aromatic carbocycles. The molecule has 29 heavy (non-hydrogen) atoms. The molecule has 0 saturated carbocycles. The number of carbonyl (C=O) groups is 2. The molecule has 0 fully saturated rings. The summed E-state index contributed by atoms with van der Waals surface area (Å²) in [4.78, 5) is 31.0. The third-order valence-corrected chi connectivity index (χ3v) is 5.33. The van der Waals surface area contributed by atoms with E-state index in [2.05, 4.69) is 0 Å². The van der Waals surface area contributed by atoms with Gasteiger partial charge in [0.25, 0.3) is 0 Å². The molecule has 2 heterocycles. The Morgan fingerprint density at radius 3 is 2.52 bits per heavy atom. The number of thiophene rings is 1. The normalized spacial score (nSPS) is 10.9. The van der Waals surface area contributed by atoms with Crippen LogP contribution in [0, 0.1) is 0 Å². The Hall–Kier alpha value is -3.45. The summed E-state index contributed by atoms with van der Waals surface area (Å²) in [6.45, 7) is 0.267. The average Bonchev–Trinajstić information content (AvgIpc) is 3.36. The number of benzene rings is 2. The van der Waals surface area contributed by atoms with E-state index in [1.807, 2.05) is 76.0 Å². The number of primary amides is 1. The van der Waals surface area contributed by atoms with Gasteiger partial charge in [-0.1, -0.05) is 42.5 Å². The zero-order valence-electron chi connectivity index (χ0n) is 15.7. The monoisotopic (exact) mass is 404 g/mol. The van der Waals surface area contributed by atoms with Crippen molar-refractivity contribution in [1.29, 1.82) is 0 Å². The van der Waals surface area contributed by atoms with Gasteiger partial charge in [0.2, 0.25) is 11.8 Å². The summed E-state index contributed by atoms with van der Waals surface area (Å²) in [5.41, 5.74) is 9.01. The second kappa shape index (κ2) is 8.28. The molecule has 0 radical (unpaired) electrons. The van der Waals surface area contributed by atoms with E-state index in [1.165, 1.54) is 4.90 Å². The molecular weight excluding hydrogens is 384 g/mol. The van der Waals surface area contributed by atoms with Gasteiger partial charge in [0.15, 0.2) is 0 Å². The van der Waals surface area contributed by atoms with E-state index in [-0.39, 0.29) is 19.0 Å². The lowest BCUT2D eigenvalue weighted by molar-refractivity contribution is -0.136. The van der Waals surface area contributed by atoms with Crippen LogP contribution in [0.3, 0.4) is 0 Å². The summed E-state index contributed by atoms with van der Waals surface area (Å²) < 4.78 is 1.90. The van der Waals surface area contributed by atoms with Crippen molar-refractivity contribution in [2.45, 2.75) is 13.1 Å².